The average Bonchev–Trinajstić information content (AvgIpc) is 2.76. The van der Waals surface area contributed by atoms with E-state index in [9.17, 15) is 18.0 Å². The number of anilines is 1. The number of benzene rings is 2. The molecule has 0 aliphatic carbocycles. The number of carbonyl (C=O) groups is 2. The molecular weight excluding hydrogens is 497 g/mol. The third kappa shape index (κ3) is 7.10. The van der Waals surface area contributed by atoms with Crippen molar-refractivity contribution >= 4 is 50.7 Å². The number of amides is 2. The minimum Gasteiger partial charge on any atom is -0.354 e. The van der Waals surface area contributed by atoms with E-state index >= 15 is 0 Å². The van der Waals surface area contributed by atoms with Crippen molar-refractivity contribution in [3.05, 3.63) is 63.1 Å². The first-order valence-electron chi connectivity index (χ1n) is 10.9. The third-order valence-electron chi connectivity index (χ3n) is 5.56. The summed E-state index contributed by atoms with van der Waals surface area (Å²) in [5, 5.41) is 3.48. The molecule has 2 aromatic carbocycles. The predicted octanol–water partition coefficient (Wildman–Crippen LogP) is 4.32. The van der Waals surface area contributed by atoms with Gasteiger partial charge in [0.1, 0.15) is 12.6 Å². The van der Waals surface area contributed by atoms with E-state index in [1.165, 1.54) is 4.90 Å². The standard InChI is InChI=1S/C24H31Cl2N3O4S/c1-6-12-27-24(31)18(4)28(14-20-21(25)8-7-9-22(20)26)23(30)15-29(34(5,32)33)19-11-10-16(2)17(3)13-19/h7-11,13,18H,6,12,14-15H2,1-5H3,(H,27,31)/t18-/m0/s1. The lowest BCUT2D eigenvalue weighted by Crippen LogP contribution is -2.51. The highest BCUT2D eigenvalue weighted by Gasteiger charge is 2.31. The number of rotatable bonds is 10. The maximum Gasteiger partial charge on any atom is 0.244 e. The second kappa shape index (κ2) is 11.9. The summed E-state index contributed by atoms with van der Waals surface area (Å²) in [7, 11) is -3.79. The Kier molecular flexibility index (Phi) is 9.79. The number of sulfonamides is 1. The van der Waals surface area contributed by atoms with Gasteiger partial charge in [0.25, 0.3) is 0 Å². The van der Waals surface area contributed by atoms with Crippen LogP contribution in [-0.2, 0) is 26.2 Å². The van der Waals surface area contributed by atoms with E-state index in [0.29, 0.717) is 27.8 Å². The summed E-state index contributed by atoms with van der Waals surface area (Å²) < 4.78 is 26.3. The van der Waals surface area contributed by atoms with Gasteiger partial charge in [-0.25, -0.2) is 8.42 Å². The van der Waals surface area contributed by atoms with Crippen molar-refractivity contribution in [3.63, 3.8) is 0 Å². The lowest BCUT2D eigenvalue weighted by Gasteiger charge is -2.32. The van der Waals surface area contributed by atoms with E-state index in [0.717, 1.165) is 28.1 Å². The van der Waals surface area contributed by atoms with E-state index in [1.54, 1.807) is 43.3 Å². The number of hydrogen-bond acceptors (Lipinski definition) is 4. The number of nitrogens with zero attached hydrogens (tertiary/aromatic N) is 2. The quantitative estimate of drug-likeness (QED) is 0.498. The number of hydrogen-bond donors (Lipinski definition) is 1. The van der Waals surface area contributed by atoms with Gasteiger partial charge in [-0.15, -0.1) is 0 Å². The topological polar surface area (TPSA) is 86.8 Å². The molecule has 0 saturated carbocycles. The number of aryl methyl sites for hydroxylation is 2. The fourth-order valence-electron chi connectivity index (χ4n) is 3.33. The second-order valence-corrected chi connectivity index (χ2v) is 10.9. The number of nitrogens with one attached hydrogen (secondary N) is 1. The van der Waals surface area contributed by atoms with Gasteiger partial charge in [-0.1, -0.05) is 42.3 Å². The lowest BCUT2D eigenvalue weighted by molar-refractivity contribution is -0.139. The maximum atomic E-state index is 13.5. The maximum absolute atomic E-state index is 13.5. The van der Waals surface area contributed by atoms with Gasteiger partial charge < -0.3 is 10.2 Å². The molecule has 0 spiro atoms. The zero-order valence-corrected chi connectivity index (χ0v) is 22.4. The first kappa shape index (κ1) is 28.0. The fourth-order valence-corrected chi connectivity index (χ4v) is 4.69. The van der Waals surface area contributed by atoms with Crippen LogP contribution in [0.2, 0.25) is 10.0 Å². The van der Waals surface area contributed by atoms with Gasteiger partial charge in [-0.3, -0.25) is 13.9 Å². The Balaban J connectivity index is 2.45. The molecule has 0 aliphatic heterocycles. The average molecular weight is 529 g/mol. The second-order valence-electron chi connectivity index (χ2n) is 8.23. The Labute approximate surface area is 212 Å². The molecule has 1 N–H and O–H groups in total. The van der Waals surface area contributed by atoms with Gasteiger partial charge in [-0.2, -0.15) is 0 Å². The summed E-state index contributed by atoms with van der Waals surface area (Å²) in [6, 6.07) is 9.27. The molecule has 0 heterocycles. The van der Waals surface area contributed by atoms with Crippen LogP contribution in [0.25, 0.3) is 0 Å². The van der Waals surface area contributed by atoms with E-state index in [4.69, 9.17) is 23.2 Å². The molecule has 0 saturated heterocycles. The Hall–Kier alpha value is -2.29. The third-order valence-corrected chi connectivity index (χ3v) is 7.41. The van der Waals surface area contributed by atoms with Crippen molar-refractivity contribution in [2.24, 2.45) is 0 Å². The Bertz CT molecular complexity index is 1130. The predicted molar refractivity (Wildman–Crippen MR) is 138 cm³/mol. The van der Waals surface area contributed by atoms with Crippen molar-refractivity contribution in [1.82, 2.24) is 10.2 Å². The summed E-state index contributed by atoms with van der Waals surface area (Å²) in [5.74, 6) is -0.908. The Morgan fingerprint density at radius 2 is 1.68 bits per heavy atom. The SMILES string of the molecule is CCCNC(=O)[C@H](C)N(Cc1c(Cl)cccc1Cl)C(=O)CN(c1ccc(C)c(C)c1)S(C)(=O)=O. The Morgan fingerprint density at radius 1 is 1.06 bits per heavy atom. The molecule has 0 bridgehead atoms. The highest BCUT2D eigenvalue weighted by Crippen LogP contribution is 2.27. The molecule has 34 heavy (non-hydrogen) atoms. The number of halogens is 2. The van der Waals surface area contributed by atoms with Crippen LogP contribution in [-0.4, -0.2) is 50.5 Å². The van der Waals surface area contributed by atoms with Crippen LogP contribution in [0.4, 0.5) is 5.69 Å². The van der Waals surface area contributed by atoms with Gasteiger partial charge in [0.2, 0.25) is 21.8 Å². The molecule has 186 valence electrons. The highest BCUT2D eigenvalue weighted by atomic mass is 35.5. The van der Waals surface area contributed by atoms with Crippen LogP contribution in [0.3, 0.4) is 0 Å². The minimum absolute atomic E-state index is 0.0530. The molecule has 0 fully saturated rings. The van der Waals surface area contributed by atoms with Crippen molar-refractivity contribution in [3.8, 4) is 0 Å². The largest absolute Gasteiger partial charge is 0.354 e. The Morgan fingerprint density at radius 3 is 2.21 bits per heavy atom. The van der Waals surface area contributed by atoms with Crippen molar-refractivity contribution in [1.29, 1.82) is 0 Å². The summed E-state index contributed by atoms with van der Waals surface area (Å²) >= 11 is 12.6. The van der Waals surface area contributed by atoms with E-state index in [1.807, 2.05) is 20.8 Å². The first-order chi connectivity index (χ1) is 15.9. The molecule has 7 nitrogen and oxygen atoms in total. The van der Waals surface area contributed by atoms with Crippen molar-refractivity contribution in [2.75, 3.05) is 23.7 Å². The normalized spacial score (nSPS) is 12.2. The van der Waals surface area contributed by atoms with E-state index in [2.05, 4.69) is 5.32 Å². The molecule has 2 amide bonds. The summed E-state index contributed by atoms with van der Waals surface area (Å²) in [4.78, 5) is 27.6. The molecule has 0 aromatic heterocycles. The minimum atomic E-state index is -3.79. The monoisotopic (exact) mass is 527 g/mol. The zero-order valence-electron chi connectivity index (χ0n) is 20.1. The molecule has 10 heteroatoms. The smallest absolute Gasteiger partial charge is 0.244 e. The summed E-state index contributed by atoms with van der Waals surface area (Å²) in [6.07, 6.45) is 1.78. The van der Waals surface area contributed by atoms with Crippen molar-refractivity contribution < 1.29 is 18.0 Å². The van der Waals surface area contributed by atoms with Crippen molar-refractivity contribution in [2.45, 2.75) is 46.7 Å². The molecule has 1 atom stereocenters. The summed E-state index contributed by atoms with van der Waals surface area (Å²) in [6.45, 7) is 7.22. The van der Waals surface area contributed by atoms with Crippen LogP contribution in [0.15, 0.2) is 36.4 Å². The van der Waals surface area contributed by atoms with Gasteiger partial charge >= 0.3 is 0 Å². The van der Waals surface area contributed by atoms with Gasteiger partial charge in [0, 0.05) is 28.7 Å². The highest BCUT2D eigenvalue weighted by molar-refractivity contribution is 7.92. The molecule has 2 aromatic rings. The molecule has 2 rings (SSSR count). The molecule has 0 unspecified atom stereocenters. The van der Waals surface area contributed by atoms with Crippen LogP contribution in [0.5, 0.6) is 0 Å². The van der Waals surface area contributed by atoms with Crippen LogP contribution in [0.1, 0.15) is 37.0 Å². The van der Waals surface area contributed by atoms with E-state index < -0.39 is 28.5 Å². The summed E-state index contributed by atoms with van der Waals surface area (Å²) in [5.41, 5.74) is 2.74. The van der Waals surface area contributed by atoms with Crippen LogP contribution >= 0.6 is 23.2 Å². The lowest BCUT2D eigenvalue weighted by atomic mass is 10.1. The van der Waals surface area contributed by atoms with E-state index in [-0.39, 0.29) is 12.5 Å². The molecular formula is C24H31Cl2N3O4S. The van der Waals surface area contributed by atoms with Crippen LogP contribution < -0.4 is 9.62 Å². The van der Waals surface area contributed by atoms with Gasteiger partial charge in [-0.05, 0) is 62.6 Å². The molecule has 0 aliphatic rings. The van der Waals surface area contributed by atoms with Gasteiger partial charge in [0.15, 0.2) is 0 Å². The number of carbonyl (C=O) groups excluding carboxylic acids is 2. The van der Waals surface area contributed by atoms with Crippen LogP contribution in [0, 0.1) is 13.8 Å². The fraction of sp³-hybridized carbons (Fsp3) is 0.417. The molecule has 0 radical (unpaired) electrons. The first-order valence-corrected chi connectivity index (χ1v) is 13.5. The zero-order chi connectivity index (χ0) is 25.6. The van der Waals surface area contributed by atoms with Gasteiger partial charge in [0.05, 0.1) is 11.9 Å².